The summed E-state index contributed by atoms with van der Waals surface area (Å²) >= 11 is 5.63. The highest BCUT2D eigenvalue weighted by atomic mass is 35.5. The van der Waals surface area contributed by atoms with E-state index >= 15 is 0 Å². The predicted molar refractivity (Wildman–Crippen MR) is 85.5 cm³/mol. The van der Waals surface area contributed by atoms with Crippen LogP contribution in [0.3, 0.4) is 0 Å². The Morgan fingerprint density at radius 1 is 1.30 bits per heavy atom. The van der Waals surface area contributed by atoms with Crippen LogP contribution in [-0.4, -0.2) is 23.2 Å². The van der Waals surface area contributed by atoms with Crippen LogP contribution in [0.1, 0.15) is 5.69 Å². The smallest absolute Gasteiger partial charge is 0.261 e. The van der Waals surface area contributed by atoms with Gasteiger partial charge in [0.25, 0.3) is 10.0 Å². The fourth-order valence-electron chi connectivity index (χ4n) is 2.22. The highest BCUT2D eigenvalue weighted by Crippen LogP contribution is 2.24. The number of hydrogen-bond acceptors (Lipinski definition) is 4. The lowest BCUT2D eigenvalue weighted by atomic mass is 10.3. The zero-order valence-electron chi connectivity index (χ0n) is 12.2. The average molecular weight is 355 g/mol. The lowest BCUT2D eigenvalue weighted by Gasteiger charge is -2.08. The summed E-state index contributed by atoms with van der Waals surface area (Å²) in [6, 6.07) is 4.85. The van der Waals surface area contributed by atoms with E-state index in [2.05, 4.69) is 14.8 Å². The monoisotopic (exact) mass is 354 g/mol. The Hall–Kier alpha value is -2.19. The van der Waals surface area contributed by atoms with Crippen molar-refractivity contribution in [1.82, 2.24) is 14.8 Å². The Bertz CT molecular complexity index is 1020. The van der Waals surface area contributed by atoms with Crippen LogP contribution in [0.25, 0.3) is 11.0 Å². The molecule has 0 aliphatic heterocycles. The van der Waals surface area contributed by atoms with Gasteiger partial charge in [-0.05, 0) is 31.2 Å². The maximum atomic E-state index is 13.2. The molecule has 3 rings (SSSR count). The summed E-state index contributed by atoms with van der Waals surface area (Å²) in [6.45, 7) is 1.81. The molecule has 0 saturated carbocycles. The van der Waals surface area contributed by atoms with Crippen molar-refractivity contribution in [1.29, 1.82) is 0 Å². The van der Waals surface area contributed by atoms with Gasteiger partial charge in [-0.3, -0.25) is 9.40 Å². The molecule has 0 atom stereocenters. The van der Waals surface area contributed by atoms with Gasteiger partial charge in [-0.1, -0.05) is 11.6 Å². The third kappa shape index (κ3) is 2.87. The second kappa shape index (κ2) is 5.47. The first-order valence-corrected chi connectivity index (χ1v) is 8.41. The van der Waals surface area contributed by atoms with E-state index in [9.17, 15) is 12.8 Å². The molecule has 23 heavy (non-hydrogen) atoms. The van der Waals surface area contributed by atoms with Gasteiger partial charge in [0.2, 0.25) is 0 Å². The van der Waals surface area contributed by atoms with E-state index < -0.39 is 15.8 Å². The minimum absolute atomic E-state index is 0.132. The van der Waals surface area contributed by atoms with Crippen LogP contribution in [0.4, 0.5) is 10.1 Å². The van der Waals surface area contributed by atoms with Gasteiger partial charge in [-0.2, -0.15) is 5.10 Å². The first kappa shape index (κ1) is 15.7. The number of fused-ring (bicyclic) bond motifs is 1. The SMILES string of the molecule is Cc1nn(C)c2ncc(NS(=O)(=O)c3ccc(F)c(Cl)c3)cc12. The Kier molecular flexibility index (Phi) is 3.73. The summed E-state index contributed by atoms with van der Waals surface area (Å²) in [4.78, 5) is 4.07. The molecule has 0 aliphatic rings. The van der Waals surface area contributed by atoms with Gasteiger partial charge < -0.3 is 0 Å². The third-order valence-electron chi connectivity index (χ3n) is 3.32. The second-order valence-corrected chi connectivity index (χ2v) is 7.08. The van der Waals surface area contributed by atoms with Crippen LogP contribution >= 0.6 is 11.6 Å². The number of halogens is 2. The van der Waals surface area contributed by atoms with Crippen LogP contribution in [0, 0.1) is 12.7 Å². The summed E-state index contributed by atoms with van der Waals surface area (Å²) in [5.74, 6) is -0.681. The average Bonchev–Trinajstić information content (AvgIpc) is 2.76. The maximum absolute atomic E-state index is 13.2. The lowest BCUT2D eigenvalue weighted by molar-refractivity contribution is 0.599. The highest BCUT2D eigenvalue weighted by Gasteiger charge is 2.17. The van der Waals surface area contributed by atoms with Gasteiger partial charge in [0.1, 0.15) is 5.82 Å². The number of hydrogen-bond donors (Lipinski definition) is 1. The van der Waals surface area contributed by atoms with Gasteiger partial charge in [0.15, 0.2) is 5.65 Å². The molecule has 0 saturated heterocycles. The predicted octanol–water partition coefficient (Wildman–Crippen LogP) is 2.87. The number of aryl methyl sites for hydroxylation is 2. The first-order chi connectivity index (χ1) is 10.8. The van der Waals surface area contributed by atoms with Crippen molar-refractivity contribution in [3.8, 4) is 0 Å². The summed E-state index contributed by atoms with van der Waals surface area (Å²) in [6.07, 6.45) is 1.39. The summed E-state index contributed by atoms with van der Waals surface area (Å²) in [7, 11) is -2.14. The van der Waals surface area contributed by atoms with E-state index in [1.807, 2.05) is 6.92 Å². The number of sulfonamides is 1. The van der Waals surface area contributed by atoms with Crippen LogP contribution in [0.5, 0.6) is 0 Å². The molecular weight excluding hydrogens is 343 g/mol. The van der Waals surface area contributed by atoms with Crippen molar-refractivity contribution < 1.29 is 12.8 Å². The second-order valence-electron chi connectivity index (χ2n) is 4.99. The number of benzene rings is 1. The molecule has 3 aromatic rings. The fourth-order valence-corrected chi connectivity index (χ4v) is 3.53. The molecule has 0 aliphatic carbocycles. The number of pyridine rings is 1. The molecule has 0 fully saturated rings. The van der Waals surface area contributed by atoms with E-state index in [4.69, 9.17) is 11.6 Å². The number of rotatable bonds is 3. The van der Waals surface area contributed by atoms with Crippen LogP contribution < -0.4 is 4.72 Å². The quantitative estimate of drug-likeness (QED) is 0.784. The van der Waals surface area contributed by atoms with Gasteiger partial charge >= 0.3 is 0 Å². The van der Waals surface area contributed by atoms with Crippen LogP contribution in [-0.2, 0) is 17.1 Å². The minimum Gasteiger partial charge on any atom is -0.278 e. The van der Waals surface area contributed by atoms with Gasteiger partial charge in [-0.15, -0.1) is 0 Å². The summed E-state index contributed by atoms with van der Waals surface area (Å²) in [5.41, 5.74) is 1.67. The van der Waals surface area contributed by atoms with E-state index in [-0.39, 0.29) is 15.6 Å². The van der Waals surface area contributed by atoms with Crippen molar-refractivity contribution in [3.63, 3.8) is 0 Å². The molecule has 0 spiro atoms. The van der Waals surface area contributed by atoms with Gasteiger partial charge in [-0.25, -0.2) is 17.8 Å². The number of nitrogens with zero attached hydrogens (tertiary/aromatic N) is 3. The molecule has 0 bridgehead atoms. The number of nitrogens with one attached hydrogen (secondary N) is 1. The molecule has 9 heteroatoms. The molecule has 1 aromatic carbocycles. The van der Waals surface area contributed by atoms with E-state index in [0.29, 0.717) is 5.65 Å². The topological polar surface area (TPSA) is 76.9 Å². The van der Waals surface area contributed by atoms with Crippen LogP contribution in [0.15, 0.2) is 35.4 Å². The molecule has 0 radical (unpaired) electrons. The standard InChI is InChI=1S/C14H12ClFN4O2S/c1-8-11-5-9(7-17-14(11)20(2)18-8)19-23(21,22)10-3-4-13(16)12(15)6-10/h3-7,19H,1-2H3. The zero-order valence-corrected chi connectivity index (χ0v) is 13.8. The van der Waals surface area contributed by atoms with Crippen LogP contribution in [0.2, 0.25) is 5.02 Å². The molecule has 2 aromatic heterocycles. The van der Waals surface area contributed by atoms with Gasteiger partial charge in [0, 0.05) is 12.4 Å². The van der Waals surface area contributed by atoms with Crippen molar-refractivity contribution in [2.45, 2.75) is 11.8 Å². The Morgan fingerprint density at radius 2 is 2.04 bits per heavy atom. The molecule has 0 unspecified atom stereocenters. The van der Waals surface area contributed by atoms with E-state index in [1.165, 1.54) is 6.20 Å². The van der Waals surface area contributed by atoms with Crippen molar-refractivity contribution >= 4 is 38.3 Å². The Balaban J connectivity index is 1.99. The van der Waals surface area contributed by atoms with E-state index in [1.54, 1.807) is 17.8 Å². The molecule has 120 valence electrons. The Labute approximate surface area is 137 Å². The Morgan fingerprint density at radius 3 is 2.74 bits per heavy atom. The largest absolute Gasteiger partial charge is 0.278 e. The minimum atomic E-state index is -3.90. The highest BCUT2D eigenvalue weighted by molar-refractivity contribution is 7.92. The zero-order chi connectivity index (χ0) is 16.8. The van der Waals surface area contributed by atoms with E-state index in [0.717, 1.165) is 29.3 Å². The summed E-state index contributed by atoms with van der Waals surface area (Å²) in [5, 5.41) is 4.71. The molecule has 1 N–H and O–H groups in total. The maximum Gasteiger partial charge on any atom is 0.261 e. The first-order valence-electron chi connectivity index (χ1n) is 6.55. The van der Waals surface area contributed by atoms with Crippen molar-refractivity contribution in [3.05, 3.63) is 47.0 Å². The van der Waals surface area contributed by atoms with Gasteiger partial charge in [0.05, 0.1) is 27.5 Å². The molecular formula is C14H12ClFN4O2S. The normalized spacial score (nSPS) is 11.8. The number of anilines is 1. The third-order valence-corrected chi connectivity index (χ3v) is 4.99. The van der Waals surface area contributed by atoms with Crippen molar-refractivity contribution in [2.24, 2.45) is 7.05 Å². The van der Waals surface area contributed by atoms with Crippen molar-refractivity contribution in [2.75, 3.05) is 4.72 Å². The molecule has 6 nitrogen and oxygen atoms in total. The molecule has 0 amide bonds. The lowest BCUT2D eigenvalue weighted by Crippen LogP contribution is -2.13. The number of aromatic nitrogens is 3. The summed E-state index contributed by atoms with van der Waals surface area (Å²) < 4.78 is 41.9. The fraction of sp³-hybridized carbons (Fsp3) is 0.143. The molecule has 2 heterocycles.